The van der Waals surface area contributed by atoms with Crippen LogP contribution >= 0.6 is 0 Å². The monoisotopic (exact) mass is 300 g/mol. The minimum absolute atomic E-state index is 0.381. The minimum atomic E-state index is -2.88. The first-order valence-electron chi connectivity index (χ1n) is 8.11. The first-order valence-corrected chi connectivity index (χ1v) is 9.77. The molecule has 1 saturated heterocycles. The third-order valence-electron chi connectivity index (χ3n) is 4.99. The van der Waals surface area contributed by atoms with Crippen LogP contribution in [0.2, 0.25) is 0 Å². The Hall–Kier alpha value is -0.510. The van der Waals surface area contributed by atoms with Gasteiger partial charge in [0.25, 0.3) is 0 Å². The second-order valence-corrected chi connectivity index (χ2v) is 8.77. The Kier molecular flexibility index (Phi) is 5.53. The molecule has 1 unspecified atom stereocenters. The van der Waals surface area contributed by atoms with Crippen molar-refractivity contribution in [3.63, 3.8) is 0 Å². The zero-order chi connectivity index (χ0) is 14.5. The highest BCUT2D eigenvalue weighted by Crippen LogP contribution is 2.39. The molecule has 0 aromatic rings. The van der Waals surface area contributed by atoms with Crippen molar-refractivity contribution in [2.24, 2.45) is 0 Å². The molecule has 1 aliphatic carbocycles. The number of rotatable bonds is 6. The molecule has 1 aliphatic heterocycles. The van der Waals surface area contributed by atoms with Crippen molar-refractivity contribution in [1.29, 1.82) is 0 Å². The maximum absolute atomic E-state index is 12.2. The SMILES string of the molecule is CCC1(CCCOC=C2CCCCC2)CCCS1(=O)=O. The average Bonchev–Trinajstić information content (AvgIpc) is 2.75. The lowest BCUT2D eigenvalue weighted by Crippen LogP contribution is -2.34. The minimum Gasteiger partial charge on any atom is -0.501 e. The molecule has 0 N–H and O–H groups in total. The van der Waals surface area contributed by atoms with Gasteiger partial charge in [0.1, 0.15) is 0 Å². The number of ether oxygens (including phenoxy) is 1. The fraction of sp³-hybridized carbons (Fsp3) is 0.875. The van der Waals surface area contributed by atoms with Crippen molar-refractivity contribution in [3.05, 3.63) is 11.8 Å². The summed E-state index contributed by atoms with van der Waals surface area (Å²) in [6, 6.07) is 0. The van der Waals surface area contributed by atoms with E-state index in [1.807, 2.05) is 13.2 Å². The lowest BCUT2D eigenvalue weighted by Gasteiger charge is -2.26. The van der Waals surface area contributed by atoms with Crippen LogP contribution in [0.25, 0.3) is 0 Å². The summed E-state index contributed by atoms with van der Waals surface area (Å²) in [5.74, 6) is 0.381. The van der Waals surface area contributed by atoms with Gasteiger partial charge in [-0.15, -0.1) is 0 Å². The Morgan fingerprint density at radius 2 is 1.95 bits per heavy atom. The molecule has 4 heteroatoms. The Morgan fingerprint density at radius 3 is 2.55 bits per heavy atom. The maximum Gasteiger partial charge on any atom is 0.155 e. The van der Waals surface area contributed by atoms with Crippen LogP contribution in [-0.4, -0.2) is 25.5 Å². The molecule has 0 aromatic heterocycles. The third-order valence-corrected chi connectivity index (χ3v) is 7.83. The Morgan fingerprint density at radius 1 is 1.20 bits per heavy atom. The zero-order valence-electron chi connectivity index (χ0n) is 12.7. The van der Waals surface area contributed by atoms with Crippen molar-refractivity contribution in [3.8, 4) is 0 Å². The molecule has 116 valence electrons. The van der Waals surface area contributed by atoms with E-state index in [1.165, 1.54) is 37.7 Å². The molecule has 0 radical (unpaired) electrons. The highest BCUT2D eigenvalue weighted by Gasteiger charge is 2.45. The van der Waals surface area contributed by atoms with Gasteiger partial charge in [0.2, 0.25) is 0 Å². The molecule has 0 aromatic carbocycles. The summed E-state index contributed by atoms with van der Waals surface area (Å²) in [5.41, 5.74) is 1.43. The second kappa shape index (κ2) is 6.97. The van der Waals surface area contributed by atoms with Crippen LogP contribution in [0.1, 0.15) is 71.1 Å². The number of sulfone groups is 1. The summed E-state index contributed by atoms with van der Waals surface area (Å²) in [7, 11) is -2.88. The van der Waals surface area contributed by atoms with Gasteiger partial charge in [0.05, 0.1) is 23.4 Å². The van der Waals surface area contributed by atoms with Crippen molar-refractivity contribution < 1.29 is 13.2 Å². The molecule has 1 heterocycles. The summed E-state index contributed by atoms with van der Waals surface area (Å²) in [6.45, 7) is 2.66. The smallest absolute Gasteiger partial charge is 0.155 e. The van der Waals surface area contributed by atoms with Crippen LogP contribution < -0.4 is 0 Å². The molecule has 2 aliphatic rings. The van der Waals surface area contributed by atoms with E-state index in [0.29, 0.717) is 12.4 Å². The maximum atomic E-state index is 12.2. The lowest BCUT2D eigenvalue weighted by molar-refractivity contribution is 0.229. The molecule has 3 nitrogen and oxygen atoms in total. The molecule has 2 fully saturated rings. The summed E-state index contributed by atoms with van der Waals surface area (Å²) in [4.78, 5) is 0. The quantitative estimate of drug-likeness (QED) is 0.550. The fourth-order valence-electron chi connectivity index (χ4n) is 3.59. The van der Waals surface area contributed by atoms with Gasteiger partial charge in [-0.3, -0.25) is 0 Å². The summed E-state index contributed by atoms with van der Waals surface area (Å²) in [5, 5.41) is 0. The highest BCUT2D eigenvalue weighted by molar-refractivity contribution is 7.93. The topological polar surface area (TPSA) is 43.4 Å². The Bertz CT molecular complexity index is 431. The van der Waals surface area contributed by atoms with Gasteiger partial charge in [-0.25, -0.2) is 8.42 Å². The summed E-state index contributed by atoms with van der Waals surface area (Å²) >= 11 is 0. The predicted octanol–water partition coefficient (Wildman–Crippen LogP) is 3.99. The standard InChI is InChI=1S/C16H28O3S/c1-2-16(11-7-13-20(16,17)18)10-6-12-19-14-15-8-4-3-5-9-15/h14H,2-13H2,1H3. The predicted molar refractivity (Wildman–Crippen MR) is 82.4 cm³/mol. The van der Waals surface area contributed by atoms with Crippen LogP contribution in [-0.2, 0) is 14.6 Å². The highest BCUT2D eigenvalue weighted by atomic mass is 32.2. The Labute approximate surface area is 123 Å². The van der Waals surface area contributed by atoms with Gasteiger partial charge in [0, 0.05) is 0 Å². The van der Waals surface area contributed by atoms with Crippen molar-refractivity contribution in [1.82, 2.24) is 0 Å². The second-order valence-electron chi connectivity index (χ2n) is 6.27. The summed E-state index contributed by atoms with van der Waals surface area (Å²) < 4.78 is 29.5. The molecular weight excluding hydrogens is 272 g/mol. The van der Waals surface area contributed by atoms with Crippen LogP contribution in [0.4, 0.5) is 0 Å². The van der Waals surface area contributed by atoms with E-state index in [1.54, 1.807) is 0 Å². The number of hydrogen-bond donors (Lipinski definition) is 0. The van der Waals surface area contributed by atoms with Crippen molar-refractivity contribution in [2.45, 2.75) is 75.9 Å². The Balaban J connectivity index is 1.75. The van der Waals surface area contributed by atoms with Crippen LogP contribution in [0.3, 0.4) is 0 Å². The van der Waals surface area contributed by atoms with Crippen molar-refractivity contribution >= 4 is 9.84 Å². The van der Waals surface area contributed by atoms with E-state index >= 15 is 0 Å². The number of allylic oxidation sites excluding steroid dienone is 1. The van der Waals surface area contributed by atoms with E-state index in [9.17, 15) is 8.42 Å². The van der Waals surface area contributed by atoms with Gasteiger partial charge in [-0.1, -0.05) is 13.3 Å². The molecule has 0 bridgehead atoms. The third kappa shape index (κ3) is 3.57. The lowest BCUT2D eigenvalue weighted by atomic mass is 9.95. The number of hydrogen-bond acceptors (Lipinski definition) is 3. The van der Waals surface area contributed by atoms with Crippen LogP contribution in [0.15, 0.2) is 11.8 Å². The van der Waals surface area contributed by atoms with E-state index in [0.717, 1.165) is 32.1 Å². The molecule has 20 heavy (non-hydrogen) atoms. The molecule has 0 amide bonds. The normalized spacial score (nSPS) is 29.4. The van der Waals surface area contributed by atoms with Crippen LogP contribution in [0, 0.1) is 0 Å². The van der Waals surface area contributed by atoms with E-state index < -0.39 is 14.6 Å². The van der Waals surface area contributed by atoms with Gasteiger partial charge in [-0.05, 0) is 63.4 Å². The van der Waals surface area contributed by atoms with E-state index in [2.05, 4.69) is 0 Å². The average molecular weight is 300 g/mol. The first kappa shape index (κ1) is 15.9. The zero-order valence-corrected chi connectivity index (χ0v) is 13.5. The van der Waals surface area contributed by atoms with Gasteiger partial charge < -0.3 is 4.74 Å². The largest absolute Gasteiger partial charge is 0.501 e. The van der Waals surface area contributed by atoms with Gasteiger partial charge in [-0.2, -0.15) is 0 Å². The van der Waals surface area contributed by atoms with Gasteiger partial charge >= 0.3 is 0 Å². The summed E-state index contributed by atoms with van der Waals surface area (Å²) in [6.07, 6.45) is 12.2. The van der Waals surface area contributed by atoms with E-state index in [-0.39, 0.29) is 0 Å². The molecule has 1 atom stereocenters. The fourth-order valence-corrected chi connectivity index (χ4v) is 5.90. The molecule has 1 saturated carbocycles. The molecular formula is C16H28O3S. The van der Waals surface area contributed by atoms with Gasteiger partial charge in [0.15, 0.2) is 9.84 Å². The molecule has 0 spiro atoms. The van der Waals surface area contributed by atoms with Crippen molar-refractivity contribution in [2.75, 3.05) is 12.4 Å². The molecule has 2 rings (SSSR count). The first-order chi connectivity index (χ1) is 9.60. The van der Waals surface area contributed by atoms with E-state index in [4.69, 9.17) is 4.74 Å². The van der Waals surface area contributed by atoms with Crippen LogP contribution in [0.5, 0.6) is 0 Å².